The highest BCUT2D eigenvalue weighted by atomic mass is 16.6. The molecule has 0 bridgehead atoms. The van der Waals surface area contributed by atoms with Gasteiger partial charge in [-0.05, 0) is 37.4 Å². The molecule has 122 valence electrons. The lowest BCUT2D eigenvalue weighted by molar-refractivity contribution is -0.163. The van der Waals surface area contributed by atoms with E-state index in [-0.39, 0.29) is 12.6 Å². The van der Waals surface area contributed by atoms with Crippen LogP contribution in [-0.4, -0.2) is 42.2 Å². The molecule has 1 N–H and O–H groups in total. The van der Waals surface area contributed by atoms with E-state index in [0.29, 0.717) is 5.56 Å². The molecule has 1 heterocycles. The van der Waals surface area contributed by atoms with Crippen LogP contribution in [0, 0.1) is 0 Å². The lowest BCUT2D eigenvalue weighted by Crippen LogP contribution is -2.41. The van der Waals surface area contributed by atoms with Crippen LogP contribution in [0.15, 0.2) is 54.1 Å². The van der Waals surface area contributed by atoms with E-state index in [0.717, 1.165) is 31.4 Å². The molecule has 1 aliphatic carbocycles. The van der Waals surface area contributed by atoms with E-state index in [2.05, 4.69) is 11.0 Å². The van der Waals surface area contributed by atoms with E-state index in [1.54, 1.807) is 12.1 Å². The molecule has 2 aliphatic rings. The number of carbonyl (C=O) groups excluding carboxylic acids is 1. The first-order valence-corrected chi connectivity index (χ1v) is 8.14. The van der Waals surface area contributed by atoms with Crippen molar-refractivity contribution in [2.24, 2.45) is 0 Å². The van der Waals surface area contributed by atoms with Gasteiger partial charge in [0.2, 0.25) is 5.60 Å². The van der Waals surface area contributed by atoms with Gasteiger partial charge >= 0.3 is 5.97 Å². The summed E-state index contributed by atoms with van der Waals surface area (Å²) in [5.74, 6) is -0.578. The summed E-state index contributed by atoms with van der Waals surface area (Å²) in [7, 11) is 1.99. The highest BCUT2D eigenvalue weighted by molar-refractivity contribution is 5.85. The van der Waals surface area contributed by atoms with E-state index in [1.807, 2.05) is 37.4 Å². The van der Waals surface area contributed by atoms with Crippen LogP contribution in [0.1, 0.15) is 24.8 Å². The van der Waals surface area contributed by atoms with Crippen molar-refractivity contribution < 1.29 is 14.6 Å². The number of hydrogen-bond donors (Lipinski definition) is 1. The van der Waals surface area contributed by atoms with Crippen molar-refractivity contribution in [1.82, 2.24) is 4.90 Å². The molecular formula is C19H23NO3. The van der Waals surface area contributed by atoms with Gasteiger partial charge in [0.15, 0.2) is 0 Å². The minimum Gasteiger partial charge on any atom is -0.461 e. The second kappa shape index (κ2) is 6.69. The molecule has 0 spiro atoms. The van der Waals surface area contributed by atoms with Gasteiger partial charge in [-0.15, -0.1) is 0 Å². The van der Waals surface area contributed by atoms with Gasteiger partial charge < -0.3 is 9.84 Å². The second-order valence-electron chi connectivity index (χ2n) is 6.23. The van der Waals surface area contributed by atoms with Gasteiger partial charge in [0.1, 0.15) is 6.61 Å². The first-order valence-electron chi connectivity index (χ1n) is 8.14. The predicted molar refractivity (Wildman–Crippen MR) is 88.8 cm³/mol. The zero-order valence-electron chi connectivity index (χ0n) is 13.4. The van der Waals surface area contributed by atoms with Crippen LogP contribution in [0.4, 0.5) is 0 Å². The summed E-state index contributed by atoms with van der Waals surface area (Å²) in [5, 5.41) is 11.2. The Kier molecular flexibility index (Phi) is 4.64. The third-order valence-electron chi connectivity index (χ3n) is 4.70. The number of likely N-dealkylation sites (N-methyl/N-ethyl adjacent to an activating group) is 1. The Hall–Kier alpha value is -1.91. The quantitative estimate of drug-likeness (QED) is 0.670. The lowest BCUT2D eigenvalue weighted by atomic mass is 9.85. The summed E-state index contributed by atoms with van der Waals surface area (Å²) >= 11 is 0. The van der Waals surface area contributed by atoms with Crippen LogP contribution in [-0.2, 0) is 15.1 Å². The number of aliphatic hydroxyl groups is 1. The number of ether oxygens (including phenoxy) is 1. The fourth-order valence-corrected chi connectivity index (χ4v) is 3.23. The van der Waals surface area contributed by atoms with Gasteiger partial charge in [0.05, 0.1) is 6.04 Å². The van der Waals surface area contributed by atoms with Crippen molar-refractivity contribution >= 4 is 5.97 Å². The Morgan fingerprint density at radius 1 is 1.39 bits per heavy atom. The molecular weight excluding hydrogens is 290 g/mol. The van der Waals surface area contributed by atoms with Crippen molar-refractivity contribution in [1.29, 1.82) is 0 Å². The highest BCUT2D eigenvalue weighted by Gasteiger charge is 2.44. The third-order valence-corrected chi connectivity index (χ3v) is 4.70. The molecule has 4 nitrogen and oxygen atoms in total. The second-order valence-corrected chi connectivity index (χ2v) is 6.23. The number of benzene rings is 1. The molecule has 0 saturated carbocycles. The molecule has 2 atom stereocenters. The fourth-order valence-electron chi connectivity index (χ4n) is 3.23. The van der Waals surface area contributed by atoms with Gasteiger partial charge in [0, 0.05) is 6.54 Å². The molecule has 0 amide bonds. The Morgan fingerprint density at radius 2 is 2.17 bits per heavy atom. The van der Waals surface area contributed by atoms with Crippen molar-refractivity contribution in [2.45, 2.75) is 30.9 Å². The van der Waals surface area contributed by atoms with Crippen molar-refractivity contribution in [3.8, 4) is 0 Å². The predicted octanol–water partition coefficient (Wildman–Crippen LogP) is 2.40. The summed E-state index contributed by atoms with van der Waals surface area (Å²) in [6.45, 7) is 1.12. The largest absolute Gasteiger partial charge is 0.461 e. The average Bonchev–Trinajstić information content (AvgIpc) is 3.24. The monoisotopic (exact) mass is 313 g/mol. The van der Waals surface area contributed by atoms with E-state index in [4.69, 9.17) is 4.74 Å². The van der Waals surface area contributed by atoms with Crippen LogP contribution in [0.5, 0.6) is 0 Å². The molecule has 2 unspecified atom stereocenters. The molecule has 0 aromatic heterocycles. The average molecular weight is 313 g/mol. The van der Waals surface area contributed by atoms with Gasteiger partial charge in [-0.3, -0.25) is 4.90 Å². The maximum Gasteiger partial charge on any atom is 0.347 e. The number of hydrogen-bond acceptors (Lipinski definition) is 4. The zero-order valence-corrected chi connectivity index (χ0v) is 13.4. The van der Waals surface area contributed by atoms with Crippen LogP contribution >= 0.6 is 0 Å². The van der Waals surface area contributed by atoms with Gasteiger partial charge in [-0.2, -0.15) is 0 Å². The summed E-state index contributed by atoms with van der Waals surface area (Å²) in [6.07, 6.45) is 8.64. The molecule has 0 fully saturated rings. The molecule has 1 aromatic carbocycles. The smallest absolute Gasteiger partial charge is 0.347 e. The first-order chi connectivity index (χ1) is 11.1. The normalized spacial score (nSPS) is 23.6. The van der Waals surface area contributed by atoms with Crippen molar-refractivity contribution in [2.75, 3.05) is 20.2 Å². The number of carbonyl (C=O) groups is 1. The van der Waals surface area contributed by atoms with Crippen LogP contribution in [0.2, 0.25) is 0 Å². The van der Waals surface area contributed by atoms with E-state index < -0.39 is 11.6 Å². The number of nitrogens with zero attached hydrogens (tertiary/aromatic N) is 1. The Balaban J connectivity index is 1.80. The maximum absolute atomic E-state index is 12.8. The molecule has 1 aromatic rings. The summed E-state index contributed by atoms with van der Waals surface area (Å²) < 4.78 is 5.51. The number of rotatable bonds is 5. The SMILES string of the molecule is CN1CC=CC1COC(=O)C(O)(C1=CCCC1)c1ccccc1. The number of esters is 1. The molecule has 0 radical (unpaired) electrons. The van der Waals surface area contributed by atoms with Gasteiger partial charge in [0.25, 0.3) is 0 Å². The van der Waals surface area contributed by atoms with Crippen molar-refractivity contribution in [3.05, 3.63) is 59.7 Å². The highest BCUT2D eigenvalue weighted by Crippen LogP contribution is 2.37. The van der Waals surface area contributed by atoms with Crippen LogP contribution < -0.4 is 0 Å². The Labute approximate surface area is 137 Å². The van der Waals surface area contributed by atoms with Gasteiger partial charge in [-0.25, -0.2) is 4.79 Å². The first kappa shape index (κ1) is 16.0. The summed E-state index contributed by atoms with van der Waals surface area (Å²) in [6, 6.07) is 9.17. The Morgan fingerprint density at radius 3 is 2.78 bits per heavy atom. The molecule has 3 rings (SSSR count). The Bertz CT molecular complexity index is 623. The van der Waals surface area contributed by atoms with Crippen LogP contribution in [0.25, 0.3) is 0 Å². The minimum absolute atomic E-state index is 0.0801. The maximum atomic E-state index is 12.8. The van der Waals surface area contributed by atoms with Gasteiger partial charge in [-0.1, -0.05) is 48.6 Å². The van der Waals surface area contributed by atoms with E-state index in [9.17, 15) is 9.90 Å². The molecule has 4 heteroatoms. The summed E-state index contributed by atoms with van der Waals surface area (Å²) in [4.78, 5) is 14.9. The minimum atomic E-state index is -1.67. The third kappa shape index (κ3) is 3.09. The molecule has 23 heavy (non-hydrogen) atoms. The van der Waals surface area contributed by atoms with Crippen LogP contribution in [0.3, 0.4) is 0 Å². The number of allylic oxidation sites excluding steroid dienone is 1. The standard InChI is InChI=1S/C19H23NO3/c1-20-13-7-12-17(20)14-23-18(21)19(22,16-10-5-6-11-16)15-8-3-2-4-9-15/h2-4,7-10,12,17,22H,5-6,11,13-14H2,1H3. The zero-order chi connectivity index (χ0) is 16.3. The van der Waals surface area contributed by atoms with E-state index >= 15 is 0 Å². The summed E-state index contributed by atoms with van der Waals surface area (Å²) in [5.41, 5.74) is -0.337. The molecule has 1 aliphatic heterocycles. The molecule has 0 saturated heterocycles. The fraction of sp³-hybridized carbons (Fsp3) is 0.421. The van der Waals surface area contributed by atoms with E-state index in [1.165, 1.54) is 0 Å². The topological polar surface area (TPSA) is 49.8 Å². The lowest BCUT2D eigenvalue weighted by Gasteiger charge is -2.29. The van der Waals surface area contributed by atoms with Crippen molar-refractivity contribution in [3.63, 3.8) is 0 Å².